The molecule has 2 atom stereocenters. The molecular weight excluding hydrogens is 370 g/mol. The highest BCUT2D eigenvalue weighted by atomic mass is 16.2. The molecule has 1 aliphatic carbocycles. The lowest BCUT2D eigenvalue weighted by Crippen LogP contribution is -2.52. The highest BCUT2D eigenvalue weighted by Crippen LogP contribution is 2.40. The van der Waals surface area contributed by atoms with Gasteiger partial charge in [0.25, 0.3) is 0 Å². The van der Waals surface area contributed by atoms with Crippen molar-refractivity contribution in [2.75, 3.05) is 25.0 Å². The largest absolute Gasteiger partial charge is 0.322 e. The maximum Gasteiger partial charge on any atom is 0.322 e. The Hall–Kier alpha value is -2.59. The van der Waals surface area contributed by atoms with Crippen molar-refractivity contribution in [3.05, 3.63) is 77.9 Å². The third kappa shape index (κ3) is 3.89. The highest BCUT2D eigenvalue weighted by molar-refractivity contribution is 5.93. The summed E-state index contributed by atoms with van der Waals surface area (Å²) in [4.78, 5) is 18.0. The number of carbonyl (C=O) groups is 1. The molecule has 1 N–H and O–H groups in total. The van der Waals surface area contributed by atoms with Crippen LogP contribution in [0.15, 0.2) is 66.7 Å². The first kappa shape index (κ1) is 19.4. The molecule has 30 heavy (non-hydrogen) atoms. The number of carbonyl (C=O) groups excluding carboxylic acids is 1. The van der Waals surface area contributed by atoms with Crippen LogP contribution in [-0.4, -0.2) is 41.5 Å². The van der Waals surface area contributed by atoms with Gasteiger partial charge in [-0.05, 0) is 49.7 Å². The molecule has 1 saturated heterocycles. The van der Waals surface area contributed by atoms with Gasteiger partial charge in [-0.1, -0.05) is 60.7 Å². The second-order valence-corrected chi connectivity index (χ2v) is 8.92. The lowest BCUT2D eigenvalue weighted by atomic mass is 9.90. The van der Waals surface area contributed by atoms with Crippen molar-refractivity contribution in [3.8, 4) is 0 Å². The van der Waals surface area contributed by atoms with Crippen LogP contribution in [0.2, 0.25) is 0 Å². The normalized spacial score (nSPS) is 25.1. The van der Waals surface area contributed by atoms with Crippen LogP contribution in [0.5, 0.6) is 0 Å². The van der Waals surface area contributed by atoms with Crippen molar-refractivity contribution in [2.45, 2.75) is 44.2 Å². The van der Waals surface area contributed by atoms with E-state index in [1.807, 2.05) is 18.2 Å². The highest BCUT2D eigenvalue weighted by Gasteiger charge is 2.39. The van der Waals surface area contributed by atoms with E-state index in [-0.39, 0.29) is 18.1 Å². The number of piperidine rings is 1. The summed E-state index contributed by atoms with van der Waals surface area (Å²) in [6, 6.07) is 19.0. The molecule has 0 aromatic heterocycles. The van der Waals surface area contributed by atoms with Crippen LogP contribution in [0.1, 0.15) is 49.3 Å². The Kier molecular flexibility index (Phi) is 5.58. The van der Waals surface area contributed by atoms with Crippen molar-refractivity contribution in [3.63, 3.8) is 0 Å². The quantitative estimate of drug-likeness (QED) is 0.692. The number of urea groups is 1. The number of amides is 2. The third-order valence-corrected chi connectivity index (χ3v) is 6.97. The predicted octanol–water partition coefficient (Wildman–Crippen LogP) is 5.44. The maximum absolute atomic E-state index is 13.2. The van der Waals surface area contributed by atoms with E-state index in [9.17, 15) is 4.79 Å². The van der Waals surface area contributed by atoms with Crippen molar-refractivity contribution in [2.24, 2.45) is 5.92 Å². The summed E-state index contributed by atoms with van der Waals surface area (Å²) >= 11 is 0. The summed E-state index contributed by atoms with van der Waals surface area (Å²) in [6.07, 6.45) is 10.5. The van der Waals surface area contributed by atoms with Crippen molar-refractivity contribution < 1.29 is 4.79 Å². The Bertz CT molecular complexity index is 902. The minimum atomic E-state index is -0.0174. The summed E-state index contributed by atoms with van der Waals surface area (Å²) in [7, 11) is 0. The van der Waals surface area contributed by atoms with Gasteiger partial charge in [-0.2, -0.15) is 0 Å². The third-order valence-electron chi connectivity index (χ3n) is 6.97. The van der Waals surface area contributed by atoms with Gasteiger partial charge in [0.15, 0.2) is 0 Å². The van der Waals surface area contributed by atoms with Gasteiger partial charge in [-0.15, -0.1) is 0 Å². The standard InChI is InChI=1S/C26H31N3O/c30-26-27-24-14-8-7-13-23(24)25(21-11-5-2-6-12-21)29(26)22-15-17-28(18-16-22)19-20-9-3-1-4-10-20/h1-3,5-8,11-14,20,22,25H,4,9-10,15-19H2,(H,27,30). The van der Waals surface area contributed by atoms with Crippen molar-refractivity contribution >= 4 is 11.7 Å². The topological polar surface area (TPSA) is 35.6 Å². The minimum absolute atomic E-state index is 0.0174. The predicted molar refractivity (Wildman–Crippen MR) is 122 cm³/mol. The maximum atomic E-state index is 13.2. The van der Waals surface area contributed by atoms with Crippen LogP contribution in [-0.2, 0) is 0 Å². The number of anilines is 1. The van der Waals surface area contributed by atoms with Crippen LogP contribution >= 0.6 is 0 Å². The smallest absolute Gasteiger partial charge is 0.310 e. The first-order valence-corrected chi connectivity index (χ1v) is 11.4. The average Bonchev–Trinajstić information content (AvgIpc) is 2.80. The first-order valence-electron chi connectivity index (χ1n) is 11.4. The Morgan fingerprint density at radius 3 is 2.43 bits per heavy atom. The number of nitrogens with one attached hydrogen (secondary N) is 1. The van der Waals surface area contributed by atoms with Gasteiger partial charge in [-0.3, -0.25) is 0 Å². The number of hydrogen-bond donors (Lipinski definition) is 1. The molecule has 1 fully saturated rings. The molecule has 2 amide bonds. The molecular formula is C26H31N3O. The molecule has 2 unspecified atom stereocenters. The zero-order valence-corrected chi connectivity index (χ0v) is 17.5. The average molecular weight is 402 g/mol. The van der Waals surface area contributed by atoms with E-state index in [4.69, 9.17) is 0 Å². The number of nitrogens with zero attached hydrogens (tertiary/aromatic N) is 2. The molecule has 4 nitrogen and oxygen atoms in total. The monoisotopic (exact) mass is 401 g/mol. The lowest BCUT2D eigenvalue weighted by molar-refractivity contribution is 0.0995. The van der Waals surface area contributed by atoms with Crippen LogP contribution < -0.4 is 5.32 Å². The number of hydrogen-bond acceptors (Lipinski definition) is 2. The second-order valence-electron chi connectivity index (χ2n) is 8.92. The van der Waals surface area contributed by atoms with Crippen LogP contribution in [0, 0.1) is 5.92 Å². The Labute approximate surface area is 179 Å². The molecule has 2 aliphatic heterocycles. The van der Waals surface area contributed by atoms with Crippen molar-refractivity contribution in [1.29, 1.82) is 0 Å². The molecule has 5 rings (SSSR count). The molecule has 2 heterocycles. The fraction of sp³-hybridized carbons (Fsp3) is 0.423. The van der Waals surface area contributed by atoms with Crippen molar-refractivity contribution in [1.82, 2.24) is 9.80 Å². The number of likely N-dealkylation sites (tertiary alicyclic amines) is 1. The first-order chi connectivity index (χ1) is 14.8. The van der Waals surface area contributed by atoms with Gasteiger partial charge in [0.1, 0.15) is 0 Å². The van der Waals surface area contributed by atoms with E-state index in [1.165, 1.54) is 36.9 Å². The van der Waals surface area contributed by atoms with Crippen LogP contribution in [0.3, 0.4) is 0 Å². The second kappa shape index (κ2) is 8.65. The molecule has 0 bridgehead atoms. The van der Waals surface area contributed by atoms with Gasteiger partial charge >= 0.3 is 6.03 Å². The van der Waals surface area contributed by atoms with E-state index < -0.39 is 0 Å². The number of para-hydroxylation sites is 1. The molecule has 0 saturated carbocycles. The molecule has 2 aromatic rings. The van der Waals surface area contributed by atoms with E-state index in [1.54, 1.807) is 0 Å². The summed E-state index contributed by atoms with van der Waals surface area (Å²) in [5.74, 6) is 0.800. The van der Waals surface area contributed by atoms with Crippen LogP contribution in [0.25, 0.3) is 0 Å². The Morgan fingerprint density at radius 1 is 0.900 bits per heavy atom. The lowest BCUT2D eigenvalue weighted by Gasteiger charge is -2.45. The summed E-state index contributed by atoms with van der Waals surface area (Å²) in [6.45, 7) is 3.36. The van der Waals surface area contributed by atoms with E-state index in [0.717, 1.165) is 37.5 Å². The number of fused-ring (bicyclic) bond motifs is 1. The zero-order chi connectivity index (χ0) is 20.3. The number of rotatable bonds is 4. The minimum Gasteiger partial charge on any atom is -0.310 e. The van der Waals surface area contributed by atoms with E-state index in [2.05, 4.69) is 63.7 Å². The van der Waals surface area contributed by atoms with Gasteiger partial charge in [0.05, 0.1) is 6.04 Å². The SMILES string of the molecule is O=C1Nc2ccccc2C(c2ccccc2)N1C1CCN(CC2CC=CCC2)CC1. The number of allylic oxidation sites excluding steroid dienone is 2. The summed E-state index contributed by atoms with van der Waals surface area (Å²) < 4.78 is 0. The van der Waals surface area contributed by atoms with Crippen LogP contribution in [0.4, 0.5) is 10.5 Å². The van der Waals surface area contributed by atoms with Gasteiger partial charge in [-0.25, -0.2) is 4.79 Å². The van der Waals surface area contributed by atoms with Gasteiger partial charge in [0, 0.05) is 36.9 Å². The van der Waals surface area contributed by atoms with Gasteiger partial charge < -0.3 is 15.1 Å². The Balaban J connectivity index is 1.35. The fourth-order valence-electron chi connectivity index (χ4n) is 5.42. The summed E-state index contributed by atoms with van der Waals surface area (Å²) in [5.41, 5.74) is 3.33. The van der Waals surface area contributed by atoms with E-state index >= 15 is 0 Å². The zero-order valence-electron chi connectivity index (χ0n) is 17.5. The molecule has 2 aromatic carbocycles. The molecule has 156 valence electrons. The fourth-order valence-corrected chi connectivity index (χ4v) is 5.42. The molecule has 3 aliphatic rings. The Morgan fingerprint density at radius 2 is 1.67 bits per heavy atom. The number of benzene rings is 2. The molecule has 0 spiro atoms. The summed E-state index contributed by atoms with van der Waals surface area (Å²) in [5, 5.41) is 3.15. The molecule has 0 radical (unpaired) electrons. The van der Waals surface area contributed by atoms with Gasteiger partial charge in [0.2, 0.25) is 0 Å². The molecule has 4 heteroatoms. The van der Waals surface area contributed by atoms with E-state index in [0.29, 0.717) is 0 Å².